The van der Waals surface area contributed by atoms with Gasteiger partial charge in [-0.1, -0.05) is 0 Å². The van der Waals surface area contributed by atoms with Crippen LogP contribution in [0.2, 0.25) is 0 Å². The summed E-state index contributed by atoms with van der Waals surface area (Å²) in [6.45, 7) is 3.59. The molecule has 0 unspecified atom stereocenters. The van der Waals surface area contributed by atoms with Gasteiger partial charge >= 0.3 is 17.9 Å². The first-order valence-corrected chi connectivity index (χ1v) is 9.39. The highest BCUT2D eigenvalue weighted by Gasteiger charge is 2.21. The molecule has 9 heteroatoms. The van der Waals surface area contributed by atoms with Gasteiger partial charge in [-0.3, -0.25) is 0 Å². The van der Waals surface area contributed by atoms with Crippen molar-refractivity contribution in [3.8, 4) is 23.0 Å². The van der Waals surface area contributed by atoms with Gasteiger partial charge in [0, 0.05) is 0 Å². The van der Waals surface area contributed by atoms with E-state index in [1.54, 1.807) is 13.8 Å². The maximum atomic E-state index is 12.8. The fourth-order valence-electron chi connectivity index (χ4n) is 2.69. The van der Waals surface area contributed by atoms with Gasteiger partial charge in [-0.15, -0.1) is 0 Å². The molecular formula is C22H24O9. The lowest BCUT2D eigenvalue weighted by Crippen LogP contribution is -2.13. The zero-order chi connectivity index (χ0) is 23.0. The van der Waals surface area contributed by atoms with E-state index in [9.17, 15) is 14.4 Å². The van der Waals surface area contributed by atoms with E-state index in [0.717, 1.165) is 0 Å². The van der Waals surface area contributed by atoms with Crippen molar-refractivity contribution in [1.29, 1.82) is 0 Å². The Hall–Kier alpha value is -3.75. The minimum absolute atomic E-state index is 0.0349. The third kappa shape index (κ3) is 5.65. The highest BCUT2D eigenvalue weighted by molar-refractivity contribution is 5.97. The molecular weight excluding hydrogens is 408 g/mol. The highest BCUT2D eigenvalue weighted by Crippen LogP contribution is 2.38. The Kier molecular flexibility index (Phi) is 8.25. The van der Waals surface area contributed by atoms with Crippen LogP contribution in [0, 0.1) is 0 Å². The molecule has 0 aliphatic rings. The predicted molar refractivity (Wildman–Crippen MR) is 109 cm³/mol. The summed E-state index contributed by atoms with van der Waals surface area (Å²) in [5.74, 6) is -1.29. The molecule has 0 saturated heterocycles. The average molecular weight is 432 g/mol. The monoisotopic (exact) mass is 432 g/mol. The van der Waals surface area contributed by atoms with E-state index in [2.05, 4.69) is 0 Å². The van der Waals surface area contributed by atoms with Crippen LogP contribution in [0.3, 0.4) is 0 Å². The van der Waals surface area contributed by atoms with Crippen LogP contribution in [0.5, 0.6) is 23.0 Å². The predicted octanol–water partition coefficient (Wildman–Crippen LogP) is 3.29. The van der Waals surface area contributed by atoms with Gasteiger partial charge in [0.15, 0.2) is 11.5 Å². The van der Waals surface area contributed by atoms with Crippen molar-refractivity contribution in [2.75, 3.05) is 34.5 Å². The van der Waals surface area contributed by atoms with Gasteiger partial charge in [-0.2, -0.15) is 0 Å². The van der Waals surface area contributed by atoms with Crippen molar-refractivity contribution in [1.82, 2.24) is 0 Å². The van der Waals surface area contributed by atoms with E-state index >= 15 is 0 Å². The summed E-state index contributed by atoms with van der Waals surface area (Å²) in [6.07, 6.45) is 0. The molecule has 0 fully saturated rings. The molecule has 0 radical (unpaired) electrons. The van der Waals surface area contributed by atoms with Crippen LogP contribution in [-0.2, 0) is 9.47 Å². The second-order valence-electron chi connectivity index (χ2n) is 5.99. The summed E-state index contributed by atoms with van der Waals surface area (Å²) in [7, 11) is 4.28. The van der Waals surface area contributed by atoms with Crippen molar-refractivity contribution < 1.29 is 42.8 Å². The lowest BCUT2D eigenvalue weighted by atomic mass is 10.1. The van der Waals surface area contributed by atoms with Gasteiger partial charge in [0.25, 0.3) is 0 Å². The summed E-state index contributed by atoms with van der Waals surface area (Å²) in [6, 6.07) is 6.76. The molecule has 0 bridgehead atoms. The quantitative estimate of drug-likeness (QED) is 0.436. The number of methoxy groups -OCH3 is 3. The van der Waals surface area contributed by atoms with Crippen LogP contribution in [0.25, 0.3) is 0 Å². The van der Waals surface area contributed by atoms with E-state index in [4.69, 9.17) is 28.4 Å². The molecule has 0 aromatic heterocycles. The Balaban J connectivity index is 2.43. The third-order valence-corrected chi connectivity index (χ3v) is 4.04. The van der Waals surface area contributed by atoms with Crippen molar-refractivity contribution in [2.24, 2.45) is 0 Å². The standard InChI is InChI=1S/C22H24O9/c1-6-29-20(23)13-8-14(21(24)30-7-2)10-16(9-13)31-22(25)15-11-17(26-3)19(28-5)18(12-15)27-4/h8-12H,6-7H2,1-5H3. The maximum absolute atomic E-state index is 12.8. The third-order valence-electron chi connectivity index (χ3n) is 4.04. The van der Waals surface area contributed by atoms with Gasteiger partial charge in [-0.25, -0.2) is 14.4 Å². The van der Waals surface area contributed by atoms with E-state index in [1.165, 1.54) is 51.7 Å². The fourth-order valence-corrected chi connectivity index (χ4v) is 2.69. The number of carbonyl (C=O) groups excluding carboxylic acids is 3. The molecule has 0 aliphatic carbocycles. The number of benzene rings is 2. The van der Waals surface area contributed by atoms with Gasteiger partial charge in [0.2, 0.25) is 5.75 Å². The van der Waals surface area contributed by atoms with Crippen molar-refractivity contribution in [3.05, 3.63) is 47.0 Å². The van der Waals surface area contributed by atoms with E-state index in [-0.39, 0.29) is 47.2 Å². The topological polar surface area (TPSA) is 107 Å². The molecule has 0 amide bonds. The first kappa shape index (κ1) is 23.5. The van der Waals surface area contributed by atoms with Gasteiger partial charge in [-0.05, 0) is 44.2 Å². The van der Waals surface area contributed by atoms with Crippen LogP contribution in [-0.4, -0.2) is 52.5 Å². The van der Waals surface area contributed by atoms with E-state index in [1.807, 2.05) is 0 Å². The normalized spacial score (nSPS) is 10.1. The average Bonchev–Trinajstić information content (AvgIpc) is 2.77. The number of ether oxygens (including phenoxy) is 6. The minimum Gasteiger partial charge on any atom is -0.493 e. The summed E-state index contributed by atoms with van der Waals surface area (Å²) in [5.41, 5.74) is 0.189. The molecule has 0 N–H and O–H groups in total. The largest absolute Gasteiger partial charge is 0.493 e. The second-order valence-corrected chi connectivity index (χ2v) is 5.99. The Bertz CT molecular complexity index is 904. The highest BCUT2D eigenvalue weighted by atomic mass is 16.5. The summed E-state index contributed by atoms with van der Waals surface area (Å²) < 4.78 is 31.1. The van der Waals surface area contributed by atoms with Crippen LogP contribution < -0.4 is 18.9 Å². The molecule has 0 heterocycles. The SMILES string of the molecule is CCOC(=O)c1cc(OC(=O)c2cc(OC)c(OC)c(OC)c2)cc(C(=O)OCC)c1. The lowest BCUT2D eigenvalue weighted by molar-refractivity contribution is 0.0521. The smallest absolute Gasteiger partial charge is 0.343 e. The Labute approximate surface area is 179 Å². The molecule has 2 aromatic rings. The number of carbonyl (C=O) groups is 3. The molecule has 2 rings (SSSR count). The first-order valence-electron chi connectivity index (χ1n) is 9.39. The fraction of sp³-hybridized carbons (Fsp3) is 0.318. The summed E-state index contributed by atoms with van der Waals surface area (Å²) in [4.78, 5) is 37.1. The number of rotatable bonds is 9. The summed E-state index contributed by atoms with van der Waals surface area (Å²) >= 11 is 0. The summed E-state index contributed by atoms with van der Waals surface area (Å²) in [5, 5.41) is 0. The second kappa shape index (κ2) is 10.9. The Morgan fingerprint density at radius 3 is 1.48 bits per heavy atom. The maximum Gasteiger partial charge on any atom is 0.343 e. The molecule has 2 aromatic carbocycles. The molecule has 0 saturated carbocycles. The lowest BCUT2D eigenvalue weighted by Gasteiger charge is -2.14. The number of hydrogen-bond donors (Lipinski definition) is 0. The molecule has 31 heavy (non-hydrogen) atoms. The molecule has 166 valence electrons. The van der Waals surface area contributed by atoms with Crippen molar-refractivity contribution in [2.45, 2.75) is 13.8 Å². The Morgan fingerprint density at radius 2 is 1.10 bits per heavy atom. The molecule has 0 atom stereocenters. The van der Waals surface area contributed by atoms with E-state index in [0.29, 0.717) is 5.75 Å². The molecule has 9 nitrogen and oxygen atoms in total. The van der Waals surface area contributed by atoms with Crippen LogP contribution in [0.1, 0.15) is 44.9 Å². The minimum atomic E-state index is -0.768. The zero-order valence-electron chi connectivity index (χ0n) is 18.0. The number of esters is 3. The van der Waals surface area contributed by atoms with Crippen molar-refractivity contribution >= 4 is 17.9 Å². The Morgan fingerprint density at radius 1 is 0.645 bits per heavy atom. The first-order chi connectivity index (χ1) is 14.9. The van der Waals surface area contributed by atoms with E-state index < -0.39 is 17.9 Å². The van der Waals surface area contributed by atoms with Gasteiger partial charge in [0.1, 0.15) is 5.75 Å². The van der Waals surface area contributed by atoms with Crippen LogP contribution in [0.15, 0.2) is 30.3 Å². The molecule has 0 spiro atoms. The van der Waals surface area contributed by atoms with Crippen molar-refractivity contribution in [3.63, 3.8) is 0 Å². The molecule has 0 aliphatic heterocycles. The van der Waals surface area contributed by atoms with Crippen LogP contribution >= 0.6 is 0 Å². The van der Waals surface area contributed by atoms with Gasteiger partial charge < -0.3 is 28.4 Å². The van der Waals surface area contributed by atoms with Crippen LogP contribution in [0.4, 0.5) is 0 Å². The van der Waals surface area contributed by atoms with Gasteiger partial charge in [0.05, 0.1) is 51.2 Å². The number of hydrogen-bond acceptors (Lipinski definition) is 9. The zero-order valence-corrected chi connectivity index (χ0v) is 18.0.